The average Bonchev–Trinajstić information content (AvgIpc) is 1.79. The van der Waals surface area contributed by atoms with Crippen molar-refractivity contribution in [3.05, 3.63) is 7.05 Å². The Hall–Kier alpha value is -0.120. The number of hydrogen-bond donors (Lipinski definition) is 1. The van der Waals surface area contributed by atoms with Crippen LogP contribution in [0.3, 0.4) is 0 Å². The highest BCUT2D eigenvalue weighted by Gasteiger charge is 2.11. The molecule has 1 atom stereocenters. The molecule has 0 radical (unpaired) electrons. The average molecular weight is 175 g/mol. The number of aliphatic hydroxyl groups excluding tert-OH is 1. The molecule has 0 heterocycles. The molecule has 0 saturated carbocycles. The van der Waals surface area contributed by atoms with Gasteiger partial charge in [-0.05, 0) is 13.8 Å². The molecule has 3 nitrogen and oxygen atoms in total. The van der Waals surface area contributed by atoms with Gasteiger partial charge in [0, 0.05) is 14.1 Å². The molecule has 0 aromatic heterocycles. The molecule has 0 bridgehead atoms. The van der Waals surface area contributed by atoms with Crippen LogP contribution in [0, 0.1) is 7.05 Å². The highest BCUT2D eigenvalue weighted by atomic mass is 16.5. The van der Waals surface area contributed by atoms with Gasteiger partial charge in [0.05, 0.1) is 19.3 Å². The maximum Gasteiger partial charge on any atom is 0.124 e. The number of rotatable bonds is 5. The van der Waals surface area contributed by atoms with Crippen molar-refractivity contribution < 1.29 is 14.3 Å². The first kappa shape index (κ1) is 11.9. The fourth-order valence-corrected chi connectivity index (χ4v) is 0.927. The van der Waals surface area contributed by atoms with Crippen molar-refractivity contribution >= 4 is 0 Å². The first-order valence-electron chi connectivity index (χ1n) is 4.28. The van der Waals surface area contributed by atoms with Crippen molar-refractivity contribution in [2.24, 2.45) is 0 Å². The van der Waals surface area contributed by atoms with E-state index in [1.807, 2.05) is 27.9 Å². The Labute approximate surface area is 75.5 Å². The van der Waals surface area contributed by atoms with Crippen LogP contribution in [0.5, 0.6) is 0 Å². The van der Waals surface area contributed by atoms with Gasteiger partial charge in [-0.15, -0.1) is 7.05 Å². The Bertz CT molecular complexity index is 118. The minimum atomic E-state index is -0.417. The first-order chi connectivity index (χ1) is 5.31. The van der Waals surface area contributed by atoms with E-state index in [9.17, 15) is 5.11 Å². The van der Waals surface area contributed by atoms with E-state index in [0.717, 1.165) is 0 Å². The van der Waals surface area contributed by atoms with Gasteiger partial charge >= 0.3 is 0 Å². The van der Waals surface area contributed by atoms with Crippen LogP contribution in [-0.2, 0) is 4.74 Å². The van der Waals surface area contributed by atoms with Crippen molar-refractivity contribution in [3.8, 4) is 0 Å². The van der Waals surface area contributed by atoms with E-state index >= 15 is 0 Å². The highest BCUT2D eigenvalue weighted by Crippen LogP contribution is 1.98. The molecule has 1 unspecified atom stereocenters. The maximum atomic E-state index is 9.45. The largest absolute Gasteiger partial charge is 0.460 e. The van der Waals surface area contributed by atoms with Crippen LogP contribution in [0.2, 0.25) is 0 Å². The zero-order valence-electron chi connectivity index (χ0n) is 8.58. The number of hydrogen-bond acceptors (Lipinski definition) is 2. The van der Waals surface area contributed by atoms with Crippen LogP contribution in [0.25, 0.3) is 0 Å². The summed E-state index contributed by atoms with van der Waals surface area (Å²) in [7, 11) is 7.75. The SMILES string of the molecule is [CH2-][N+](C)(C)CC(O)COC(C)C. The molecule has 0 aromatic rings. The van der Waals surface area contributed by atoms with Gasteiger partial charge in [0.2, 0.25) is 0 Å². The molecular formula is C9H21NO2. The maximum absolute atomic E-state index is 9.45. The molecule has 0 fully saturated rings. The lowest BCUT2D eigenvalue weighted by molar-refractivity contribution is -0.849. The molecule has 0 aliphatic heterocycles. The third kappa shape index (κ3) is 7.98. The van der Waals surface area contributed by atoms with Crippen molar-refractivity contribution in [3.63, 3.8) is 0 Å². The van der Waals surface area contributed by atoms with E-state index in [1.165, 1.54) is 0 Å². The monoisotopic (exact) mass is 175 g/mol. The Morgan fingerprint density at radius 1 is 1.42 bits per heavy atom. The third-order valence-corrected chi connectivity index (χ3v) is 1.33. The first-order valence-corrected chi connectivity index (χ1v) is 4.28. The summed E-state index contributed by atoms with van der Waals surface area (Å²) in [5, 5.41) is 9.45. The van der Waals surface area contributed by atoms with Gasteiger partial charge in [0.25, 0.3) is 0 Å². The van der Waals surface area contributed by atoms with Crippen LogP contribution < -0.4 is 0 Å². The van der Waals surface area contributed by atoms with E-state index in [1.54, 1.807) is 0 Å². The van der Waals surface area contributed by atoms with Gasteiger partial charge in [0.1, 0.15) is 6.10 Å². The van der Waals surface area contributed by atoms with Crippen LogP contribution >= 0.6 is 0 Å². The van der Waals surface area contributed by atoms with Gasteiger partial charge in [-0.2, -0.15) is 0 Å². The van der Waals surface area contributed by atoms with Gasteiger partial charge in [-0.25, -0.2) is 0 Å². The summed E-state index contributed by atoms with van der Waals surface area (Å²) < 4.78 is 5.78. The van der Waals surface area contributed by atoms with Crippen LogP contribution in [-0.4, -0.2) is 49.0 Å². The van der Waals surface area contributed by atoms with E-state index in [2.05, 4.69) is 7.05 Å². The molecule has 0 aliphatic rings. The van der Waals surface area contributed by atoms with Gasteiger partial charge < -0.3 is 14.3 Å². The second kappa shape index (κ2) is 4.80. The summed E-state index contributed by atoms with van der Waals surface area (Å²) in [6.45, 7) is 4.93. The standard InChI is InChI=1S/C9H21NO2/c1-8(2)12-7-9(11)6-10(3,4)5/h8-9,11H,3,6-7H2,1-2,4-5H3. The molecule has 0 spiro atoms. The molecule has 0 aromatic carbocycles. The predicted molar refractivity (Wildman–Crippen MR) is 49.4 cm³/mol. The summed E-state index contributed by atoms with van der Waals surface area (Å²) in [6, 6.07) is 0. The van der Waals surface area contributed by atoms with E-state index in [0.29, 0.717) is 17.6 Å². The number of quaternary nitrogens is 1. The number of likely N-dealkylation sites (N-methyl/N-ethyl adjacent to an activating group) is 1. The summed E-state index contributed by atoms with van der Waals surface area (Å²) in [5.74, 6) is 0. The van der Waals surface area contributed by atoms with Gasteiger partial charge in [0.15, 0.2) is 0 Å². The molecular weight excluding hydrogens is 154 g/mol. The number of ether oxygens (including phenoxy) is 1. The predicted octanol–water partition coefficient (Wildman–Crippen LogP) is 0.640. The third-order valence-electron chi connectivity index (χ3n) is 1.33. The van der Waals surface area contributed by atoms with E-state index in [-0.39, 0.29) is 6.10 Å². The topological polar surface area (TPSA) is 29.5 Å². The summed E-state index contributed by atoms with van der Waals surface area (Å²) >= 11 is 0. The Balaban J connectivity index is 3.53. The van der Waals surface area contributed by atoms with Crippen molar-refractivity contribution in [2.75, 3.05) is 27.2 Å². The molecule has 1 N–H and O–H groups in total. The lowest BCUT2D eigenvalue weighted by Gasteiger charge is -2.34. The summed E-state index contributed by atoms with van der Waals surface area (Å²) in [5.41, 5.74) is 0. The van der Waals surface area contributed by atoms with Crippen LogP contribution in [0.1, 0.15) is 13.8 Å². The number of aliphatic hydroxyl groups is 1. The summed E-state index contributed by atoms with van der Waals surface area (Å²) in [4.78, 5) is 0. The minimum Gasteiger partial charge on any atom is -0.460 e. The zero-order valence-corrected chi connectivity index (χ0v) is 8.58. The van der Waals surface area contributed by atoms with Crippen molar-refractivity contribution in [2.45, 2.75) is 26.1 Å². The molecule has 12 heavy (non-hydrogen) atoms. The minimum absolute atomic E-state index is 0.181. The van der Waals surface area contributed by atoms with E-state index in [4.69, 9.17) is 4.74 Å². The molecule has 0 rings (SSSR count). The molecule has 3 heteroatoms. The normalized spacial score (nSPS) is 15.2. The van der Waals surface area contributed by atoms with Crippen LogP contribution in [0.15, 0.2) is 0 Å². The van der Waals surface area contributed by atoms with Gasteiger partial charge in [-0.3, -0.25) is 0 Å². The lowest BCUT2D eigenvalue weighted by Crippen LogP contribution is -2.41. The summed E-state index contributed by atoms with van der Waals surface area (Å²) in [6.07, 6.45) is -0.236. The smallest absolute Gasteiger partial charge is 0.124 e. The van der Waals surface area contributed by atoms with Crippen molar-refractivity contribution in [1.82, 2.24) is 0 Å². The second-order valence-corrected chi connectivity index (χ2v) is 4.15. The Kier molecular flexibility index (Phi) is 4.75. The second-order valence-electron chi connectivity index (χ2n) is 4.15. The highest BCUT2D eigenvalue weighted by molar-refractivity contribution is 4.52. The fourth-order valence-electron chi connectivity index (χ4n) is 0.927. The molecule has 74 valence electrons. The lowest BCUT2D eigenvalue weighted by atomic mass is 10.3. The van der Waals surface area contributed by atoms with Crippen LogP contribution in [0.4, 0.5) is 0 Å². The van der Waals surface area contributed by atoms with E-state index < -0.39 is 6.10 Å². The molecule has 0 aliphatic carbocycles. The fraction of sp³-hybridized carbons (Fsp3) is 0.889. The quantitative estimate of drug-likeness (QED) is 0.491. The Morgan fingerprint density at radius 3 is 2.25 bits per heavy atom. The molecule has 0 amide bonds. The van der Waals surface area contributed by atoms with Gasteiger partial charge in [-0.1, -0.05) is 0 Å². The Morgan fingerprint density at radius 2 is 1.92 bits per heavy atom. The number of nitrogens with zero attached hydrogens (tertiary/aromatic N) is 1. The van der Waals surface area contributed by atoms with Crippen molar-refractivity contribution in [1.29, 1.82) is 0 Å². The zero-order chi connectivity index (χ0) is 9.78. The molecule has 0 saturated heterocycles.